The van der Waals surface area contributed by atoms with Gasteiger partial charge < -0.3 is 9.73 Å². The van der Waals surface area contributed by atoms with E-state index in [1.165, 1.54) is 0 Å². The predicted molar refractivity (Wildman–Crippen MR) is 82.6 cm³/mol. The molecule has 1 aromatic carbocycles. The first-order valence-corrected chi connectivity index (χ1v) is 7.18. The minimum atomic E-state index is -0.0899. The van der Waals surface area contributed by atoms with Gasteiger partial charge in [-0.05, 0) is 59.6 Å². The highest BCUT2D eigenvalue weighted by molar-refractivity contribution is 9.10. The van der Waals surface area contributed by atoms with Gasteiger partial charge in [0.05, 0.1) is 24.5 Å². The lowest BCUT2D eigenvalue weighted by Gasteiger charge is -2.12. The van der Waals surface area contributed by atoms with Gasteiger partial charge in [0.1, 0.15) is 5.76 Å². The van der Waals surface area contributed by atoms with E-state index in [0.29, 0.717) is 0 Å². The van der Waals surface area contributed by atoms with E-state index < -0.39 is 0 Å². The second-order valence-electron chi connectivity index (χ2n) is 4.65. The maximum absolute atomic E-state index is 11.9. The minimum absolute atomic E-state index is 0.00258. The number of anilines is 1. The standard InChI is InChI=1S/C15H17BrN2O2/c1-10-5-6-13(12(16)8-10)18-15(19)9-17-11(2)14-4-3-7-20-14/h3-8,11,17H,9H2,1-2H3,(H,18,19)/t11-/m1/s1. The Morgan fingerprint density at radius 1 is 1.40 bits per heavy atom. The number of benzene rings is 1. The van der Waals surface area contributed by atoms with Crippen molar-refractivity contribution in [2.75, 3.05) is 11.9 Å². The van der Waals surface area contributed by atoms with Crippen molar-refractivity contribution in [3.63, 3.8) is 0 Å². The molecule has 0 saturated carbocycles. The molecule has 0 fully saturated rings. The van der Waals surface area contributed by atoms with Crippen molar-refractivity contribution in [2.24, 2.45) is 0 Å². The van der Waals surface area contributed by atoms with E-state index in [0.717, 1.165) is 21.5 Å². The summed E-state index contributed by atoms with van der Waals surface area (Å²) in [5.41, 5.74) is 1.91. The third-order valence-corrected chi connectivity index (χ3v) is 3.59. The summed E-state index contributed by atoms with van der Waals surface area (Å²) in [5, 5.41) is 5.97. The molecule has 1 amide bonds. The second kappa shape index (κ2) is 6.72. The molecule has 106 valence electrons. The number of rotatable bonds is 5. The van der Waals surface area contributed by atoms with E-state index in [4.69, 9.17) is 4.42 Å². The topological polar surface area (TPSA) is 54.3 Å². The van der Waals surface area contributed by atoms with Crippen molar-refractivity contribution in [1.82, 2.24) is 5.32 Å². The van der Waals surface area contributed by atoms with Gasteiger partial charge in [-0.1, -0.05) is 6.07 Å². The highest BCUT2D eigenvalue weighted by Gasteiger charge is 2.10. The zero-order chi connectivity index (χ0) is 14.5. The SMILES string of the molecule is Cc1ccc(NC(=O)CN[C@H](C)c2ccco2)c(Br)c1. The number of furan rings is 1. The zero-order valence-corrected chi connectivity index (χ0v) is 13.0. The Hall–Kier alpha value is -1.59. The third kappa shape index (κ3) is 3.95. The Morgan fingerprint density at radius 3 is 2.85 bits per heavy atom. The molecule has 0 aliphatic rings. The molecule has 1 atom stereocenters. The minimum Gasteiger partial charge on any atom is -0.468 e. The number of hydrogen-bond donors (Lipinski definition) is 2. The molecule has 0 aliphatic carbocycles. The van der Waals surface area contributed by atoms with Gasteiger partial charge in [-0.3, -0.25) is 10.1 Å². The van der Waals surface area contributed by atoms with Crippen LogP contribution in [-0.4, -0.2) is 12.5 Å². The third-order valence-electron chi connectivity index (χ3n) is 2.94. The van der Waals surface area contributed by atoms with Crippen LogP contribution in [0.15, 0.2) is 45.5 Å². The van der Waals surface area contributed by atoms with Crippen LogP contribution in [0.1, 0.15) is 24.3 Å². The summed E-state index contributed by atoms with van der Waals surface area (Å²) in [7, 11) is 0. The number of nitrogens with one attached hydrogen (secondary N) is 2. The Morgan fingerprint density at radius 2 is 2.20 bits per heavy atom. The Labute approximate surface area is 126 Å². The first-order valence-electron chi connectivity index (χ1n) is 6.39. The number of amides is 1. The van der Waals surface area contributed by atoms with Crippen LogP contribution in [-0.2, 0) is 4.79 Å². The summed E-state index contributed by atoms with van der Waals surface area (Å²) in [6, 6.07) is 9.52. The molecule has 0 unspecified atom stereocenters. The lowest BCUT2D eigenvalue weighted by molar-refractivity contribution is -0.115. The van der Waals surface area contributed by atoms with E-state index in [1.807, 2.05) is 44.2 Å². The molecule has 5 heteroatoms. The molecule has 2 aromatic rings. The van der Waals surface area contributed by atoms with Crippen molar-refractivity contribution >= 4 is 27.5 Å². The molecule has 0 saturated heterocycles. The van der Waals surface area contributed by atoms with E-state index in [1.54, 1.807) is 6.26 Å². The molecule has 2 N–H and O–H groups in total. The van der Waals surface area contributed by atoms with Crippen molar-refractivity contribution in [1.29, 1.82) is 0 Å². The number of carbonyl (C=O) groups is 1. The number of hydrogen-bond acceptors (Lipinski definition) is 3. The van der Waals surface area contributed by atoms with Gasteiger partial charge in [-0.2, -0.15) is 0 Å². The van der Waals surface area contributed by atoms with Gasteiger partial charge in [0.2, 0.25) is 5.91 Å². The normalized spacial score (nSPS) is 12.2. The van der Waals surface area contributed by atoms with Crippen LogP contribution >= 0.6 is 15.9 Å². The van der Waals surface area contributed by atoms with Gasteiger partial charge in [-0.25, -0.2) is 0 Å². The van der Waals surface area contributed by atoms with Crippen LogP contribution in [0.4, 0.5) is 5.69 Å². The molecule has 4 nitrogen and oxygen atoms in total. The maximum Gasteiger partial charge on any atom is 0.238 e. The molecule has 0 bridgehead atoms. The fourth-order valence-electron chi connectivity index (χ4n) is 1.80. The van der Waals surface area contributed by atoms with Crippen molar-refractivity contribution in [2.45, 2.75) is 19.9 Å². The lowest BCUT2D eigenvalue weighted by atomic mass is 10.2. The molecule has 0 aliphatic heterocycles. The summed E-state index contributed by atoms with van der Waals surface area (Å²) in [6.07, 6.45) is 1.62. The fourth-order valence-corrected chi connectivity index (χ4v) is 2.39. The van der Waals surface area contributed by atoms with Crippen LogP contribution in [0.3, 0.4) is 0 Å². The molecule has 2 rings (SSSR count). The molecule has 0 radical (unpaired) electrons. The predicted octanol–water partition coefficient (Wildman–Crippen LogP) is 3.64. The molecule has 0 spiro atoms. The van der Waals surface area contributed by atoms with Crippen molar-refractivity contribution in [3.8, 4) is 0 Å². The second-order valence-corrected chi connectivity index (χ2v) is 5.50. The molecule has 20 heavy (non-hydrogen) atoms. The first kappa shape index (κ1) is 14.8. The van der Waals surface area contributed by atoms with Gasteiger partial charge >= 0.3 is 0 Å². The van der Waals surface area contributed by atoms with E-state index in [2.05, 4.69) is 26.6 Å². The maximum atomic E-state index is 11.9. The van der Waals surface area contributed by atoms with Crippen LogP contribution in [0.5, 0.6) is 0 Å². The van der Waals surface area contributed by atoms with Gasteiger partial charge in [0.15, 0.2) is 0 Å². The number of aryl methyl sites for hydroxylation is 1. The van der Waals surface area contributed by atoms with Crippen molar-refractivity contribution < 1.29 is 9.21 Å². The quantitative estimate of drug-likeness (QED) is 0.876. The van der Waals surface area contributed by atoms with Crippen molar-refractivity contribution in [3.05, 3.63) is 52.4 Å². The fraction of sp³-hybridized carbons (Fsp3) is 0.267. The highest BCUT2D eigenvalue weighted by atomic mass is 79.9. The summed E-state index contributed by atoms with van der Waals surface area (Å²) in [4.78, 5) is 11.9. The van der Waals surface area contributed by atoms with Gasteiger partial charge in [-0.15, -0.1) is 0 Å². The highest BCUT2D eigenvalue weighted by Crippen LogP contribution is 2.23. The van der Waals surface area contributed by atoms with Crippen LogP contribution in [0, 0.1) is 6.92 Å². The number of carbonyl (C=O) groups excluding carboxylic acids is 1. The van der Waals surface area contributed by atoms with Gasteiger partial charge in [0.25, 0.3) is 0 Å². The molecular weight excluding hydrogens is 320 g/mol. The number of halogens is 1. The largest absolute Gasteiger partial charge is 0.468 e. The first-order chi connectivity index (χ1) is 9.56. The Balaban J connectivity index is 1.86. The summed E-state index contributed by atoms with van der Waals surface area (Å²) >= 11 is 3.44. The molecular formula is C15H17BrN2O2. The molecule has 1 heterocycles. The summed E-state index contributed by atoms with van der Waals surface area (Å²) in [5.74, 6) is 0.724. The summed E-state index contributed by atoms with van der Waals surface area (Å²) < 4.78 is 6.16. The summed E-state index contributed by atoms with van der Waals surface area (Å²) in [6.45, 7) is 4.18. The zero-order valence-electron chi connectivity index (χ0n) is 11.4. The average molecular weight is 337 g/mol. The molecule has 1 aromatic heterocycles. The van der Waals surface area contributed by atoms with Crippen LogP contribution < -0.4 is 10.6 Å². The smallest absolute Gasteiger partial charge is 0.238 e. The van der Waals surface area contributed by atoms with Crippen LogP contribution in [0.2, 0.25) is 0 Å². The monoisotopic (exact) mass is 336 g/mol. The van der Waals surface area contributed by atoms with Crippen LogP contribution in [0.25, 0.3) is 0 Å². The Kier molecular flexibility index (Phi) is 4.98. The van der Waals surface area contributed by atoms with E-state index >= 15 is 0 Å². The van der Waals surface area contributed by atoms with E-state index in [9.17, 15) is 4.79 Å². The van der Waals surface area contributed by atoms with Gasteiger partial charge in [0, 0.05) is 4.47 Å². The van der Waals surface area contributed by atoms with E-state index in [-0.39, 0.29) is 18.5 Å². The Bertz CT molecular complexity index is 582. The lowest BCUT2D eigenvalue weighted by Crippen LogP contribution is -2.30. The average Bonchev–Trinajstić information content (AvgIpc) is 2.93.